The molecule has 0 amide bonds. The Hall–Kier alpha value is -0.800. The average Bonchev–Trinajstić information content (AvgIpc) is 3.32. The molecule has 1 aromatic heterocycles. The predicted octanol–water partition coefficient (Wildman–Crippen LogP) is 4.15. The summed E-state index contributed by atoms with van der Waals surface area (Å²) in [6.45, 7) is 4.20. The van der Waals surface area contributed by atoms with Gasteiger partial charge in [-0.3, -0.25) is 0 Å². The van der Waals surface area contributed by atoms with Crippen molar-refractivity contribution < 1.29 is 0 Å². The Morgan fingerprint density at radius 2 is 2.14 bits per heavy atom. The van der Waals surface area contributed by atoms with Gasteiger partial charge in [0.25, 0.3) is 0 Å². The number of pyridine rings is 1. The first-order valence-electron chi connectivity index (χ1n) is 8.43. The van der Waals surface area contributed by atoms with E-state index in [1.54, 1.807) is 0 Å². The lowest BCUT2D eigenvalue weighted by molar-refractivity contribution is 0.431. The maximum absolute atomic E-state index is 6.32. The van der Waals surface area contributed by atoms with Gasteiger partial charge in [0.15, 0.2) is 0 Å². The van der Waals surface area contributed by atoms with Crippen LogP contribution < -0.4 is 10.2 Å². The molecular formula is C17H26ClN3. The summed E-state index contributed by atoms with van der Waals surface area (Å²) in [5, 5.41) is 4.30. The van der Waals surface area contributed by atoms with Crippen LogP contribution in [-0.2, 0) is 6.54 Å². The molecule has 1 aliphatic heterocycles. The lowest BCUT2D eigenvalue weighted by Crippen LogP contribution is -2.40. The van der Waals surface area contributed by atoms with E-state index in [0.717, 1.165) is 29.6 Å². The molecule has 0 aromatic carbocycles. The summed E-state index contributed by atoms with van der Waals surface area (Å²) in [6.07, 6.45) is 9.02. The summed E-state index contributed by atoms with van der Waals surface area (Å²) < 4.78 is 0. The molecular weight excluding hydrogens is 282 g/mol. The standard InChI is InChI=1S/C17H26ClN3/c1-2-5-14-6-3-4-11-21(14)17-10-9-15(18)16(20-17)12-19-13-7-8-13/h9-10,13-14,19H,2-8,11-12H2,1H3. The number of nitrogens with one attached hydrogen (secondary N) is 1. The Kier molecular flexibility index (Phi) is 5.02. The minimum atomic E-state index is 0.654. The van der Waals surface area contributed by atoms with E-state index < -0.39 is 0 Å². The van der Waals surface area contributed by atoms with Crippen molar-refractivity contribution >= 4 is 17.4 Å². The number of anilines is 1. The number of hydrogen-bond acceptors (Lipinski definition) is 3. The van der Waals surface area contributed by atoms with E-state index in [0.29, 0.717) is 12.1 Å². The molecule has 116 valence electrons. The third kappa shape index (κ3) is 3.89. The fourth-order valence-electron chi connectivity index (χ4n) is 3.22. The van der Waals surface area contributed by atoms with Gasteiger partial charge in [0, 0.05) is 25.2 Å². The maximum Gasteiger partial charge on any atom is 0.129 e. The highest BCUT2D eigenvalue weighted by Crippen LogP contribution is 2.28. The van der Waals surface area contributed by atoms with E-state index in [1.165, 1.54) is 44.9 Å². The normalized spacial score (nSPS) is 22.6. The van der Waals surface area contributed by atoms with E-state index in [-0.39, 0.29) is 0 Å². The fourth-order valence-corrected chi connectivity index (χ4v) is 3.39. The molecule has 2 aliphatic rings. The van der Waals surface area contributed by atoms with Crippen LogP contribution in [0, 0.1) is 0 Å². The van der Waals surface area contributed by atoms with E-state index in [9.17, 15) is 0 Å². The van der Waals surface area contributed by atoms with Crippen LogP contribution in [0.3, 0.4) is 0 Å². The minimum absolute atomic E-state index is 0.654. The number of halogens is 1. The van der Waals surface area contributed by atoms with Gasteiger partial charge in [0.1, 0.15) is 5.82 Å². The molecule has 1 N–H and O–H groups in total. The largest absolute Gasteiger partial charge is 0.354 e. The second-order valence-corrected chi connectivity index (χ2v) is 6.79. The zero-order valence-electron chi connectivity index (χ0n) is 12.9. The van der Waals surface area contributed by atoms with Gasteiger partial charge in [-0.05, 0) is 50.7 Å². The minimum Gasteiger partial charge on any atom is -0.354 e. The van der Waals surface area contributed by atoms with Crippen molar-refractivity contribution in [3.05, 3.63) is 22.8 Å². The summed E-state index contributed by atoms with van der Waals surface area (Å²) in [5.74, 6) is 1.12. The van der Waals surface area contributed by atoms with Gasteiger partial charge in [-0.15, -0.1) is 0 Å². The summed E-state index contributed by atoms with van der Waals surface area (Å²) >= 11 is 6.32. The number of hydrogen-bond donors (Lipinski definition) is 1. The van der Waals surface area contributed by atoms with Crippen LogP contribution in [0.2, 0.25) is 5.02 Å². The Morgan fingerprint density at radius 1 is 1.29 bits per heavy atom. The highest BCUT2D eigenvalue weighted by molar-refractivity contribution is 6.31. The van der Waals surface area contributed by atoms with Crippen molar-refractivity contribution in [3.63, 3.8) is 0 Å². The predicted molar refractivity (Wildman–Crippen MR) is 89.0 cm³/mol. The fraction of sp³-hybridized carbons (Fsp3) is 0.706. The molecule has 1 atom stereocenters. The Bertz CT molecular complexity index is 471. The lowest BCUT2D eigenvalue weighted by Gasteiger charge is -2.37. The molecule has 0 bridgehead atoms. The zero-order chi connectivity index (χ0) is 14.7. The third-order valence-corrected chi connectivity index (χ3v) is 4.93. The van der Waals surface area contributed by atoms with Crippen molar-refractivity contribution in [2.24, 2.45) is 0 Å². The Morgan fingerprint density at radius 3 is 2.90 bits per heavy atom. The first kappa shape index (κ1) is 15.1. The number of rotatable bonds is 6. The molecule has 3 rings (SSSR count). The van der Waals surface area contributed by atoms with Gasteiger partial charge in [-0.1, -0.05) is 24.9 Å². The molecule has 1 aromatic rings. The van der Waals surface area contributed by atoms with Gasteiger partial charge >= 0.3 is 0 Å². The Balaban J connectivity index is 1.74. The van der Waals surface area contributed by atoms with E-state index in [1.807, 2.05) is 6.07 Å². The van der Waals surface area contributed by atoms with Crippen molar-refractivity contribution in [2.45, 2.75) is 70.5 Å². The molecule has 2 heterocycles. The molecule has 3 nitrogen and oxygen atoms in total. The molecule has 1 saturated carbocycles. The van der Waals surface area contributed by atoms with Crippen LogP contribution in [0.1, 0.15) is 57.6 Å². The molecule has 1 saturated heterocycles. The van der Waals surface area contributed by atoms with Crippen molar-refractivity contribution in [3.8, 4) is 0 Å². The van der Waals surface area contributed by atoms with Gasteiger partial charge in [0.05, 0.1) is 10.7 Å². The smallest absolute Gasteiger partial charge is 0.129 e. The van der Waals surface area contributed by atoms with E-state index in [4.69, 9.17) is 16.6 Å². The third-order valence-electron chi connectivity index (χ3n) is 4.58. The van der Waals surface area contributed by atoms with Crippen molar-refractivity contribution in [1.82, 2.24) is 10.3 Å². The number of aromatic nitrogens is 1. The molecule has 4 heteroatoms. The highest BCUT2D eigenvalue weighted by Gasteiger charge is 2.24. The van der Waals surface area contributed by atoms with E-state index in [2.05, 4.69) is 23.2 Å². The first-order chi connectivity index (χ1) is 10.3. The van der Waals surface area contributed by atoms with Crippen LogP contribution in [-0.4, -0.2) is 23.6 Å². The zero-order valence-corrected chi connectivity index (χ0v) is 13.7. The lowest BCUT2D eigenvalue weighted by atomic mass is 9.98. The van der Waals surface area contributed by atoms with Gasteiger partial charge < -0.3 is 10.2 Å². The molecule has 0 radical (unpaired) electrons. The van der Waals surface area contributed by atoms with Crippen LogP contribution in [0.25, 0.3) is 0 Å². The van der Waals surface area contributed by atoms with E-state index >= 15 is 0 Å². The SMILES string of the molecule is CCCC1CCCCN1c1ccc(Cl)c(CNC2CC2)n1. The summed E-state index contributed by atoms with van der Waals surface area (Å²) in [5.41, 5.74) is 1.00. The Labute approximate surface area is 133 Å². The first-order valence-corrected chi connectivity index (χ1v) is 8.81. The average molecular weight is 308 g/mol. The molecule has 0 spiro atoms. The van der Waals surface area contributed by atoms with Gasteiger partial charge in [-0.2, -0.15) is 0 Å². The second kappa shape index (κ2) is 6.97. The summed E-state index contributed by atoms with van der Waals surface area (Å²) in [7, 11) is 0. The summed E-state index contributed by atoms with van der Waals surface area (Å²) in [4.78, 5) is 7.36. The van der Waals surface area contributed by atoms with Crippen LogP contribution in [0.15, 0.2) is 12.1 Å². The maximum atomic E-state index is 6.32. The number of piperidine rings is 1. The number of nitrogens with zero attached hydrogens (tertiary/aromatic N) is 2. The topological polar surface area (TPSA) is 28.2 Å². The molecule has 1 unspecified atom stereocenters. The van der Waals surface area contributed by atoms with Crippen LogP contribution in [0.4, 0.5) is 5.82 Å². The van der Waals surface area contributed by atoms with Crippen LogP contribution in [0.5, 0.6) is 0 Å². The molecule has 2 fully saturated rings. The monoisotopic (exact) mass is 307 g/mol. The second-order valence-electron chi connectivity index (χ2n) is 6.38. The highest BCUT2D eigenvalue weighted by atomic mass is 35.5. The summed E-state index contributed by atoms with van der Waals surface area (Å²) in [6, 6.07) is 5.46. The quantitative estimate of drug-likeness (QED) is 0.856. The van der Waals surface area contributed by atoms with Crippen molar-refractivity contribution in [1.29, 1.82) is 0 Å². The molecule has 1 aliphatic carbocycles. The molecule has 21 heavy (non-hydrogen) atoms. The van der Waals surface area contributed by atoms with Gasteiger partial charge in [-0.25, -0.2) is 4.98 Å². The van der Waals surface area contributed by atoms with Crippen LogP contribution >= 0.6 is 11.6 Å². The van der Waals surface area contributed by atoms with Crippen molar-refractivity contribution in [2.75, 3.05) is 11.4 Å². The van der Waals surface area contributed by atoms with Gasteiger partial charge in [0.2, 0.25) is 0 Å².